The smallest absolute Gasteiger partial charge is 0.0146 e. The van der Waals surface area contributed by atoms with Gasteiger partial charge in [-0.1, -0.05) is 38.1 Å². The average Bonchev–Trinajstić information content (AvgIpc) is 1.89. The van der Waals surface area contributed by atoms with E-state index in [2.05, 4.69) is 22.2 Å². The summed E-state index contributed by atoms with van der Waals surface area (Å²) in [5.41, 5.74) is 0. The number of hydrogen-bond acceptors (Lipinski definition) is 0. The highest BCUT2D eigenvalue weighted by Crippen LogP contribution is 2.03. The summed E-state index contributed by atoms with van der Waals surface area (Å²) in [6.45, 7) is 2.23. The lowest BCUT2D eigenvalue weighted by atomic mass is 10.2. The Balaban J connectivity index is 2.75. The fraction of sp³-hybridized carbons (Fsp3) is 0.750. The quantitative estimate of drug-likeness (QED) is 0.403. The number of rotatable bonds is 5. The summed E-state index contributed by atoms with van der Waals surface area (Å²) in [6, 6.07) is 0. The molecule has 0 heterocycles. The van der Waals surface area contributed by atoms with E-state index in [-0.39, 0.29) is 0 Å². The first-order chi connectivity index (χ1) is 4.41. The van der Waals surface area contributed by atoms with Gasteiger partial charge in [0, 0.05) is 0 Å². The van der Waals surface area contributed by atoms with Gasteiger partial charge in [0.15, 0.2) is 0 Å². The zero-order valence-electron chi connectivity index (χ0n) is 6.14. The molecule has 52 valence electrons. The second kappa shape index (κ2) is 8.17. The fourth-order valence-electron chi connectivity index (χ4n) is 0.764. The molecular weight excluding hydrogens is 127 g/mol. The highest BCUT2D eigenvalue weighted by Gasteiger charge is 1.82. The third-order valence-corrected chi connectivity index (χ3v) is 1.54. The van der Waals surface area contributed by atoms with Gasteiger partial charge < -0.3 is 0 Å². The van der Waals surface area contributed by atoms with Crippen molar-refractivity contribution in [2.24, 2.45) is 0 Å². The fourth-order valence-corrected chi connectivity index (χ4v) is 0.913. The molecule has 0 aliphatic carbocycles. The second-order valence-electron chi connectivity index (χ2n) is 2.23. The van der Waals surface area contributed by atoms with Crippen molar-refractivity contribution < 1.29 is 0 Å². The molecule has 0 bridgehead atoms. The zero-order chi connectivity index (χ0) is 6.95. The summed E-state index contributed by atoms with van der Waals surface area (Å²) in [5.74, 6) is 1.83. The molecule has 0 rings (SSSR count). The average molecular weight is 142 g/mol. The van der Waals surface area contributed by atoms with Gasteiger partial charge >= 0.3 is 0 Å². The van der Waals surface area contributed by atoms with Gasteiger partial charge in [-0.25, -0.2) is 0 Å². The Morgan fingerprint density at radius 2 is 2.00 bits per heavy atom. The van der Waals surface area contributed by atoms with Gasteiger partial charge in [-0.2, -0.15) is 0 Å². The summed E-state index contributed by atoms with van der Waals surface area (Å²) >= 11 is 0. The minimum Gasteiger partial charge on any atom is -0.0834 e. The van der Waals surface area contributed by atoms with E-state index in [0.29, 0.717) is 0 Å². The van der Waals surface area contributed by atoms with Crippen LogP contribution in [0.4, 0.5) is 0 Å². The summed E-state index contributed by atoms with van der Waals surface area (Å²) in [4.78, 5) is 0. The maximum absolute atomic E-state index is 3.97. The molecule has 0 saturated carbocycles. The lowest BCUT2D eigenvalue weighted by molar-refractivity contribution is 0.675. The van der Waals surface area contributed by atoms with Crippen LogP contribution in [0.3, 0.4) is 0 Å². The Bertz CT molecular complexity index is 67.0. The first-order valence-electron chi connectivity index (χ1n) is 3.71. The standard InChI is InChI=1S/C8H15P/c1-2-3-4-5-6-7-8-9/h7-8H,2-6H2,1H3. The van der Waals surface area contributed by atoms with E-state index in [1.54, 1.807) is 0 Å². The predicted octanol–water partition coefficient (Wildman–Crippen LogP) is 3.88. The Hall–Kier alpha value is 0.170. The molecule has 0 saturated heterocycles. The van der Waals surface area contributed by atoms with E-state index >= 15 is 0 Å². The van der Waals surface area contributed by atoms with Crippen LogP contribution in [0.25, 0.3) is 0 Å². The zero-order valence-corrected chi connectivity index (χ0v) is 7.03. The third kappa shape index (κ3) is 8.17. The van der Waals surface area contributed by atoms with E-state index in [1.165, 1.54) is 32.1 Å². The molecule has 9 heavy (non-hydrogen) atoms. The molecule has 0 aliphatic rings. The lowest BCUT2D eigenvalue weighted by Crippen LogP contribution is -1.72. The predicted molar refractivity (Wildman–Crippen MR) is 44.8 cm³/mol. The Morgan fingerprint density at radius 3 is 2.56 bits per heavy atom. The van der Waals surface area contributed by atoms with Crippen LogP contribution in [0.15, 0.2) is 11.9 Å². The van der Waals surface area contributed by atoms with Gasteiger partial charge in [0.25, 0.3) is 0 Å². The van der Waals surface area contributed by atoms with Crippen molar-refractivity contribution in [3.8, 4) is 0 Å². The molecule has 0 spiro atoms. The largest absolute Gasteiger partial charge is 0.0834 e. The van der Waals surface area contributed by atoms with Crippen molar-refractivity contribution in [2.45, 2.75) is 39.0 Å². The van der Waals surface area contributed by atoms with Crippen molar-refractivity contribution in [3.63, 3.8) is 0 Å². The molecule has 0 amide bonds. The van der Waals surface area contributed by atoms with Crippen LogP contribution in [-0.2, 0) is 0 Å². The van der Waals surface area contributed by atoms with Gasteiger partial charge in [-0.15, -0.1) is 0 Å². The number of hydrogen-bond donors (Lipinski definition) is 0. The molecule has 0 unspecified atom stereocenters. The van der Waals surface area contributed by atoms with Crippen LogP contribution in [0.2, 0.25) is 0 Å². The van der Waals surface area contributed by atoms with Crippen LogP contribution >= 0.6 is 9.24 Å². The third-order valence-electron chi connectivity index (χ3n) is 1.33. The summed E-state index contributed by atoms with van der Waals surface area (Å²) in [5, 5.41) is 0. The van der Waals surface area contributed by atoms with Crippen molar-refractivity contribution in [1.29, 1.82) is 0 Å². The minimum atomic E-state index is 1.20. The topological polar surface area (TPSA) is 0 Å². The summed E-state index contributed by atoms with van der Waals surface area (Å²) in [7, 11) is 3.97. The van der Waals surface area contributed by atoms with Gasteiger partial charge in [0.1, 0.15) is 0 Å². The summed E-state index contributed by atoms with van der Waals surface area (Å²) in [6.07, 6.45) is 8.70. The monoisotopic (exact) mass is 142 g/mol. The van der Waals surface area contributed by atoms with Crippen LogP contribution in [-0.4, -0.2) is 0 Å². The van der Waals surface area contributed by atoms with Crippen molar-refractivity contribution >= 4 is 9.24 Å². The van der Waals surface area contributed by atoms with Crippen LogP contribution in [0.5, 0.6) is 0 Å². The second-order valence-corrected chi connectivity index (χ2v) is 2.53. The van der Waals surface area contributed by atoms with E-state index < -0.39 is 0 Å². The van der Waals surface area contributed by atoms with Crippen LogP contribution < -0.4 is 0 Å². The van der Waals surface area contributed by atoms with Crippen LogP contribution in [0, 0.1) is 0 Å². The van der Waals surface area contributed by atoms with Gasteiger partial charge in [0.05, 0.1) is 0 Å². The van der Waals surface area contributed by atoms with Crippen molar-refractivity contribution in [1.82, 2.24) is 0 Å². The molecular formula is C8H15P. The van der Waals surface area contributed by atoms with E-state index in [4.69, 9.17) is 0 Å². The molecule has 0 aromatic carbocycles. The molecule has 0 aromatic heterocycles. The molecule has 1 heteroatoms. The van der Waals surface area contributed by atoms with Gasteiger partial charge in [-0.3, -0.25) is 0 Å². The maximum Gasteiger partial charge on any atom is -0.0146 e. The summed E-state index contributed by atoms with van der Waals surface area (Å²) < 4.78 is 0. The molecule has 0 aliphatic heterocycles. The Morgan fingerprint density at radius 1 is 1.22 bits per heavy atom. The highest BCUT2D eigenvalue weighted by molar-refractivity contribution is 7.20. The Kier molecular flexibility index (Phi) is 8.32. The molecule has 0 aromatic rings. The normalized spacial score (nSPS) is 10.9. The first-order valence-corrected chi connectivity index (χ1v) is 4.22. The molecule has 0 atom stereocenters. The van der Waals surface area contributed by atoms with Crippen molar-refractivity contribution in [2.75, 3.05) is 0 Å². The number of allylic oxidation sites excluding steroid dienone is 1. The van der Waals surface area contributed by atoms with Gasteiger partial charge in [-0.05, 0) is 22.1 Å². The molecule has 0 nitrogen and oxygen atoms in total. The first kappa shape index (κ1) is 9.17. The SMILES string of the molecule is CCCCCCC=C[P]. The van der Waals surface area contributed by atoms with E-state index in [1.807, 2.05) is 5.82 Å². The van der Waals surface area contributed by atoms with E-state index in [9.17, 15) is 0 Å². The van der Waals surface area contributed by atoms with Crippen molar-refractivity contribution in [3.05, 3.63) is 11.9 Å². The highest BCUT2D eigenvalue weighted by atomic mass is 31.0. The lowest BCUT2D eigenvalue weighted by Gasteiger charge is -1.92. The Labute approximate surface area is 60.9 Å². The minimum absolute atomic E-state index is 1.20. The molecule has 0 fully saturated rings. The maximum atomic E-state index is 3.97. The number of unbranched alkanes of at least 4 members (excludes halogenated alkanes) is 4. The van der Waals surface area contributed by atoms with Gasteiger partial charge in [0.2, 0.25) is 0 Å². The molecule has 0 N–H and O–H groups in total. The van der Waals surface area contributed by atoms with Crippen LogP contribution in [0.1, 0.15) is 39.0 Å². The van der Waals surface area contributed by atoms with E-state index in [0.717, 1.165) is 0 Å². The molecule has 2 radical (unpaired) electrons.